The molecular weight excluding hydrogens is 190 g/mol. The van der Waals surface area contributed by atoms with Gasteiger partial charge in [-0.1, -0.05) is 0 Å². The van der Waals surface area contributed by atoms with Crippen LogP contribution >= 0.6 is 11.6 Å². The molecule has 0 radical (unpaired) electrons. The van der Waals surface area contributed by atoms with E-state index in [4.69, 9.17) is 11.6 Å². The molecule has 3 nitrogen and oxygen atoms in total. The fraction of sp³-hybridized carbons (Fsp3) is 0.333. The standard InChI is InChI=1S/C9H10ClNO2/c1-13-9(12)7-2-3-8(4-5-10)11-6-7/h2-3,6H,4-5H2,1H3. The molecule has 1 aromatic rings. The average Bonchev–Trinajstić information content (AvgIpc) is 2.18. The molecule has 0 saturated heterocycles. The Morgan fingerprint density at radius 3 is 2.85 bits per heavy atom. The lowest BCUT2D eigenvalue weighted by Crippen LogP contribution is -2.02. The minimum Gasteiger partial charge on any atom is -0.465 e. The van der Waals surface area contributed by atoms with E-state index in [1.54, 1.807) is 12.1 Å². The van der Waals surface area contributed by atoms with Crippen LogP contribution in [-0.4, -0.2) is 23.9 Å². The van der Waals surface area contributed by atoms with E-state index in [2.05, 4.69) is 9.72 Å². The first-order valence-electron chi connectivity index (χ1n) is 3.87. The first kappa shape index (κ1) is 9.99. The van der Waals surface area contributed by atoms with Gasteiger partial charge in [-0.2, -0.15) is 0 Å². The lowest BCUT2D eigenvalue weighted by Gasteiger charge is -1.99. The number of methoxy groups -OCH3 is 1. The number of ether oxygens (including phenoxy) is 1. The van der Waals surface area contributed by atoms with E-state index >= 15 is 0 Å². The normalized spacial score (nSPS) is 9.69. The van der Waals surface area contributed by atoms with Gasteiger partial charge >= 0.3 is 5.97 Å². The minimum absolute atomic E-state index is 0.370. The Morgan fingerprint density at radius 2 is 2.38 bits per heavy atom. The Labute approximate surface area is 81.7 Å². The highest BCUT2D eigenvalue weighted by Gasteiger charge is 2.04. The summed E-state index contributed by atoms with van der Waals surface area (Å²) in [7, 11) is 1.34. The third-order valence-electron chi connectivity index (χ3n) is 1.60. The van der Waals surface area contributed by atoms with Crippen LogP contribution in [0.3, 0.4) is 0 Å². The Balaban J connectivity index is 2.75. The van der Waals surface area contributed by atoms with Crippen molar-refractivity contribution in [3.63, 3.8) is 0 Å². The number of halogens is 1. The van der Waals surface area contributed by atoms with Gasteiger partial charge in [0.15, 0.2) is 0 Å². The highest BCUT2D eigenvalue weighted by atomic mass is 35.5. The molecular formula is C9H10ClNO2. The van der Waals surface area contributed by atoms with Crippen LogP contribution in [0.2, 0.25) is 0 Å². The van der Waals surface area contributed by atoms with Gasteiger partial charge in [0.1, 0.15) is 0 Å². The summed E-state index contributed by atoms with van der Waals surface area (Å²) in [6.07, 6.45) is 2.21. The molecule has 0 aromatic carbocycles. The van der Waals surface area contributed by atoms with Gasteiger partial charge in [0.25, 0.3) is 0 Å². The molecule has 0 saturated carbocycles. The van der Waals surface area contributed by atoms with Crippen molar-refractivity contribution in [3.05, 3.63) is 29.6 Å². The zero-order valence-corrected chi connectivity index (χ0v) is 8.04. The van der Waals surface area contributed by atoms with Gasteiger partial charge in [-0.25, -0.2) is 4.79 Å². The zero-order chi connectivity index (χ0) is 9.68. The van der Waals surface area contributed by atoms with E-state index in [0.29, 0.717) is 17.9 Å². The maximum atomic E-state index is 11.0. The van der Waals surface area contributed by atoms with Crippen LogP contribution in [0.15, 0.2) is 18.3 Å². The lowest BCUT2D eigenvalue weighted by molar-refractivity contribution is 0.0600. The molecule has 0 aliphatic heterocycles. The van der Waals surface area contributed by atoms with Crippen molar-refractivity contribution in [3.8, 4) is 0 Å². The predicted molar refractivity (Wildman–Crippen MR) is 50.0 cm³/mol. The molecule has 1 aromatic heterocycles. The van der Waals surface area contributed by atoms with Crippen LogP contribution in [0, 0.1) is 0 Å². The first-order chi connectivity index (χ1) is 6.27. The summed E-state index contributed by atoms with van der Waals surface area (Å²) in [5, 5.41) is 0. The average molecular weight is 200 g/mol. The second kappa shape index (κ2) is 4.82. The number of carbonyl (C=O) groups is 1. The summed E-state index contributed by atoms with van der Waals surface area (Å²) in [5.41, 5.74) is 1.34. The van der Waals surface area contributed by atoms with Gasteiger partial charge < -0.3 is 4.74 Å². The van der Waals surface area contributed by atoms with E-state index in [1.165, 1.54) is 13.3 Å². The van der Waals surface area contributed by atoms with Crippen LogP contribution in [0.4, 0.5) is 0 Å². The third kappa shape index (κ3) is 2.70. The number of esters is 1. The molecule has 1 rings (SSSR count). The molecule has 0 aliphatic rings. The molecule has 13 heavy (non-hydrogen) atoms. The summed E-state index contributed by atoms with van der Waals surface area (Å²) in [4.78, 5) is 15.0. The van der Waals surface area contributed by atoms with Crippen molar-refractivity contribution in [2.45, 2.75) is 6.42 Å². The number of carbonyl (C=O) groups excluding carboxylic acids is 1. The van der Waals surface area contributed by atoms with E-state index in [-0.39, 0.29) is 5.97 Å². The third-order valence-corrected chi connectivity index (χ3v) is 1.79. The number of rotatable bonds is 3. The summed E-state index contributed by atoms with van der Waals surface area (Å²) >= 11 is 5.53. The molecule has 0 bridgehead atoms. The number of alkyl halides is 1. The Bertz CT molecular complexity index is 284. The Morgan fingerprint density at radius 1 is 1.62 bits per heavy atom. The largest absolute Gasteiger partial charge is 0.465 e. The SMILES string of the molecule is COC(=O)c1ccc(CCCl)nc1. The molecule has 1 heterocycles. The van der Waals surface area contributed by atoms with Gasteiger partial charge in [-0.05, 0) is 12.1 Å². The van der Waals surface area contributed by atoms with Crippen LogP contribution in [0.5, 0.6) is 0 Å². The van der Waals surface area contributed by atoms with Gasteiger partial charge in [0.2, 0.25) is 0 Å². The van der Waals surface area contributed by atoms with E-state index in [1.807, 2.05) is 0 Å². The molecule has 0 unspecified atom stereocenters. The molecule has 0 spiro atoms. The summed E-state index contributed by atoms with van der Waals surface area (Å²) < 4.78 is 4.53. The van der Waals surface area contributed by atoms with Crippen LogP contribution in [0.25, 0.3) is 0 Å². The summed E-state index contributed by atoms with van der Waals surface area (Å²) in [5.74, 6) is 0.162. The quantitative estimate of drug-likeness (QED) is 0.549. The molecule has 0 N–H and O–H groups in total. The topological polar surface area (TPSA) is 39.2 Å². The van der Waals surface area contributed by atoms with Crippen molar-refractivity contribution in [2.24, 2.45) is 0 Å². The number of aryl methyl sites for hydroxylation is 1. The van der Waals surface area contributed by atoms with Crippen LogP contribution in [0.1, 0.15) is 16.1 Å². The maximum Gasteiger partial charge on any atom is 0.339 e. The van der Waals surface area contributed by atoms with Crippen molar-refractivity contribution >= 4 is 17.6 Å². The van der Waals surface area contributed by atoms with Crippen molar-refractivity contribution in [1.29, 1.82) is 0 Å². The van der Waals surface area contributed by atoms with Gasteiger partial charge in [-0.15, -0.1) is 11.6 Å². The van der Waals surface area contributed by atoms with E-state index in [9.17, 15) is 4.79 Å². The second-order valence-electron chi connectivity index (χ2n) is 2.47. The second-order valence-corrected chi connectivity index (χ2v) is 2.85. The molecule has 4 heteroatoms. The van der Waals surface area contributed by atoms with Gasteiger partial charge in [0, 0.05) is 24.2 Å². The van der Waals surface area contributed by atoms with E-state index in [0.717, 1.165) is 5.69 Å². The highest BCUT2D eigenvalue weighted by molar-refractivity contribution is 6.17. The monoisotopic (exact) mass is 199 g/mol. The fourth-order valence-electron chi connectivity index (χ4n) is 0.908. The Kier molecular flexibility index (Phi) is 3.71. The first-order valence-corrected chi connectivity index (χ1v) is 4.40. The van der Waals surface area contributed by atoms with Gasteiger partial charge in [-0.3, -0.25) is 4.98 Å². The number of aromatic nitrogens is 1. The molecule has 70 valence electrons. The number of hydrogen-bond acceptors (Lipinski definition) is 3. The highest BCUT2D eigenvalue weighted by Crippen LogP contribution is 2.03. The van der Waals surface area contributed by atoms with Gasteiger partial charge in [0.05, 0.1) is 12.7 Å². The zero-order valence-electron chi connectivity index (χ0n) is 7.29. The van der Waals surface area contributed by atoms with E-state index < -0.39 is 0 Å². The fourth-order valence-corrected chi connectivity index (χ4v) is 1.10. The van der Waals surface area contributed by atoms with Crippen molar-refractivity contribution in [2.75, 3.05) is 13.0 Å². The smallest absolute Gasteiger partial charge is 0.339 e. The molecule has 0 amide bonds. The number of pyridine rings is 1. The molecule has 0 fully saturated rings. The minimum atomic E-state index is -0.370. The van der Waals surface area contributed by atoms with Crippen molar-refractivity contribution < 1.29 is 9.53 Å². The molecule has 0 aliphatic carbocycles. The van der Waals surface area contributed by atoms with Crippen LogP contribution in [-0.2, 0) is 11.2 Å². The molecule has 0 atom stereocenters. The lowest BCUT2D eigenvalue weighted by atomic mass is 10.2. The summed E-state index contributed by atoms with van der Waals surface area (Å²) in [6.45, 7) is 0. The Hall–Kier alpha value is -1.09. The maximum absolute atomic E-state index is 11.0. The summed E-state index contributed by atoms with van der Waals surface area (Å²) in [6, 6.07) is 3.45. The number of nitrogens with zero attached hydrogens (tertiary/aromatic N) is 1. The number of hydrogen-bond donors (Lipinski definition) is 0. The van der Waals surface area contributed by atoms with Crippen LogP contribution < -0.4 is 0 Å². The predicted octanol–water partition coefficient (Wildman–Crippen LogP) is 1.65. The van der Waals surface area contributed by atoms with Crippen molar-refractivity contribution in [1.82, 2.24) is 4.98 Å².